The van der Waals surface area contributed by atoms with Crippen LogP contribution in [-0.4, -0.2) is 9.04 Å². The van der Waals surface area contributed by atoms with Crippen molar-refractivity contribution < 1.29 is 4.79 Å². The summed E-state index contributed by atoms with van der Waals surface area (Å²) in [5.41, 5.74) is 0.893. The van der Waals surface area contributed by atoms with Gasteiger partial charge >= 0.3 is 0 Å². The standard InChI is InChI=1S/C9H6I2OS2/c10-8-5(1-3-13-8)7(12)6-2-4-14-9(6)11/h1-5,8H/p+1. The summed E-state index contributed by atoms with van der Waals surface area (Å²) in [5, 5.41) is 4.06. The van der Waals surface area contributed by atoms with Crippen LogP contribution in [0.3, 0.4) is 0 Å². The summed E-state index contributed by atoms with van der Waals surface area (Å²) >= 11 is 7.47. The fourth-order valence-electron chi connectivity index (χ4n) is 1.27. The van der Waals surface area contributed by atoms with Crippen molar-refractivity contribution in [3.05, 3.63) is 31.4 Å². The van der Waals surface area contributed by atoms with Crippen molar-refractivity contribution in [1.29, 1.82) is 0 Å². The molecule has 2 rings (SSSR count). The fraction of sp³-hybridized carbons (Fsp3) is 0.222. The van der Waals surface area contributed by atoms with Gasteiger partial charge in [-0.2, -0.15) is 0 Å². The van der Waals surface area contributed by atoms with E-state index in [4.69, 9.17) is 0 Å². The first-order valence-electron chi connectivity index (χ1n) is 3.98. The van der Waals surface area contributed by atoms with Crippen LogP contribution in [0.1, 0.15) is 10.4 Å². The molecule has 74 valence electrons. The summed E-state index contributed by atoms with van der Waals surface area (Å²) in [6, 6.07) is 1.93. The van der Waals surface area contributed by atoms with Gasteiger partial charge in [0.1, 0.15) is 11.3 Å². The second-order valence-electron chi connectivity index (χ2n) is 2.86. The highest BCUT2D eigenvalue weighted by molar-refractivity contribution is 14.1. The van der Waals surface area contributed by atoms with Crippen LogP contribution in [0.25, 0.3) is 0 Å². The summed E-state index contributed by atoms with van der Waals surface area (Å²) in [4.78, 5) is 12.1. The topological polar surface area (TPSA) is 17.1 Å². The van der Waals surface area contributed by atoms with Crippen LogP contribution in [0, 0.1) is 8.80 Å². The minimum Gasteiger partial charge on any atom is -0.293 e. The second-order valence-corrected chi connectivity index (χ2v) is 9.07. The Bertz CT molecular complexity index is 386. The molecule has 1 aliphatic rings. The summed E-state index contributed by atoms with van der Waals surface area (Å²) in [6.07, 6.45) is 2.04. The number of hydrogen-bond donors (Lipinski definition) is 0. The number of carbonyl (C=O) groups excluding carboxylic acids is 1. The third-order valence-corrected chi connectivity index (χ3v) is 6.74. The number of halogens is 2. The van der Waals surface area contributed by atoms with E-state index >= 15 is 0 Å². The molecule has 0 radical (unpaired) electrons. The Kier molecular flexibility index (Phi) is 3.94. The van der Waals surface area contributed by atoms with E-state index in [1.807, 2.05) is 17.5 Å². The maximum Gasteiger partial charge on any atom is 0.183 e. The Morgan fingerprint density at radius 1 is 1.57 bits per heavy atom. The molecule has 1 aliphatic heterocycles. The Morgan fingerprint density at radius 2 is 2.36 bits per heavy atom. The van der Waals surface area contributed by atoms with Crippen LogP contribution in [0.2, 0.25) is 0 Å². The van der Waals surface area contributed by atoms with E-state index in [0.29, 0.717) is 3.26 Å². The molecule has 0 saturated heterocycles. The van der Waals surface area contributed by atoms with Gasteiger partial charge in [0.25, 0.3) is 0 Å². The average molecular weight is 449 g/mol. The molecule has 2 heterocycles. The largest absolute Gasteiger partial charge is 0.293 e. The zero-order chi connectivity index (χ0) is 10.1. The Labute approximate surface area is 118 Å². The van der Waals surface area contributed by atoms with Crippen LogP contribution in [0.4, 0.5) is 0 Å². The molecule has 0 aliphatic carbocycles. The lowest BCUT2D eigenvalue weighted by molar-refractivity contribution is 0.0954. The minimum atomic E-state index is 0.0837. The van der Waals surface area contributed by atoms with Gasteiger partial charge in [-0.1, -0.05) is 0 Å². The number of hydrogen-bond acceptors (Lipinski definition) is 2. The third kappa shape index (κ3) is 2.19. The molecule has 5 heteroatoms. The van der Waals surface area contributed by atoms with Crippen LogP contribution in [0.5, 0.6) is 0 Å². The lowest BCUT2D eigenvalue weighted by Crippen LogP contribution is -2.19. The lowest BCUT2D eigenvalue weighted by atomic mass is 10.0. The predicted octanol–water partition coefficient (Wildman–Crippen LogP) is 3.25. The van der Waals surface area contributed by atoms with Crippen molar-refractivity contribution in [2.75, 3.05) is 0 Å². The van der Waals surface area contributed by atoms with Gasteiger partial charge in [0.2, 0.25) is 0 Å². The summed E-state index contributed by atoms with van der Waals surface area (Å²) in [5.74, 6) is 0.358. The van der Waals surface area contributed by atoms with Gasteiger partial charge in [0.15, 0.2) is 9.04 Å². The fourth-order valence-corrected chi connectivity index (χ4v) is 4.77. The van der Waals surface area contributed by atoms with Crippen molar-refractivity contribution in [2.45, 2.75) is 3.26 Å². The molecule has 0 N–H and O–H groups in total. The van der Waals surface area contributed by atoms with Crippen molar-refractivity contribution in [3.63, 3.8) is 0 Å². The van der Waals surface area contributed by atoms with Gasteiger partial charge in [0, 0.05) is 17.3 Å². The monoisotopic (exact) mass is 449 g/mol. The smallest absolute Gasteiger partial charge is 0.183 e. The molecule has 0 fully saturated rings. The van der Waals surface area contributed by atoms with Gasteiger partial charge in [-0.3, -0.25) is 4.79 Å². The second kappa shape index (κ2) is 4.84. The number of ketones is 1. The lowest BCUT2D eigenvalue weighted by Gasteiger charge is -2.05. The molecule has 2 atom stereocenters. The van der Waals surface area contributed by atoms with E-state index in [-0.39, 0.29) is 11.7 Å². The van der Waals surface area contributed by atoms with Crippen molar-refractivity contribution >= 4 is 74.1 Å². The maximum atomic E-state index is 12.1. The molecule has 0 amide bonds. The Hall–Kier alpha value is 0.920. The van der Waals surface area contributed by atoms with Crippen LogP contribution < -0.4 is 0 Å². The molecule has 0 spiro atoms. The van der Waals surface area contributed by atoms with Crippen molar-refractivity contribution in [1.82, 2.24) is 0 Å². The quantitative estimate of drug-likeness (QED) is 0.223. The van der Waals surface area contributed by atoms with Crippen molar-refractivity contribution in [2.24, 2.45) is 5.92 Å². The summed E-state index contributed by atoms with van der Waals surface area (Å²) in [6.45, 7) is 0. The van der Waals surface area contributed by atoms with E-state index in [0.717, 1.165) is 8.45 Å². The number of rotatable bonds is 2. The van der Waals surface area contributed by atoms with Crippen molar-refractivity contribution in [3.8, 4) is 0 Å². The highest BCUT2D eigenvalue weighted by Gasteiger charge is 2.35. The normalized spacial score (nSPS) is 25.6. The number of alkyl halides is 1. The Morgan fingerprint density at radius 3 is 2.86 bits per heavy atom. The first-order valence-corrected chi connectivity index (χ1v) is 8.22. The van der Waals surface area contributed by atoms with Crippen LogP contribution in [0.15, 0.2) is 22.9 Å². The molecule has 0 bridgehead atoms. The van der Waals surface area contributed by atoms with E-state index in [1.165, 1.54) is 11.8 Å². The van der Waals surface area contributed by atoms with E-state index in [1.54, 1.807) is 11.3 Å². The van der Waals surface area contributed by atoms with Gasteiger partial charge in [-0.05, 0) is 62.7 Å². The molecule has 1 aromatic rings. The zero-order valence-electron chi connectivity index (χ0n) is 6.98. The third-order valence-electron chi connectivity index (χ3n) is 2.00. The minimum absolute atomic E-state index is 0.0837. The van der Waals surface area contributed by atoms with Crippen LogP contribution in [-0.2, 0) is 11.8 Å². The van der Waals surface area contributed by atoms with Gasteiger partial charge in [0.05, 0.1) is 2.88 Å². The number of allylic oxidation sites excluding steroid dienone is 1. The first-order chi connectivity index (χ1) is 6.70. The molecule has 14 heavy (non-hydrogen) atoms. The molecule has 0 saturated carbocycles. The summed E-state index contributed by atoms with van der Waals surface area (Å²) < 4.78 is 1.52. The van der Waals surface area contributed by atoms with E-state index in [2.05, 4.69) is 50.6 Å². The SMILES string of the molecule is O=C(c1ccsc1I)C1C=C[SH+]C1I. The molecular weight excluding hydrogens is 442 g/mol. The van der Waals surface area contributed by atoms with Gasteiger partial charge in [-0.15, -0.1) is 11.3 Å². The number of Topliss-reactive ketones (excluding diaryl/α,β-unsaturated/α-hetero) is 1. The first kappa shape index (κ1) is 11.4. The molecule has 1 aromatic heterocycles. The summed E-state index contributed by atoms with van der Waals surface area (Å²) in [7, 11) is 0. The predicted molar refractivity (Wildman–Crippen MR) is 80.6 cm³/mol. The Balaban J connectivity index is 2.24. The molecule has 2 unspecified atom stereocenters. The highest BCUT2D eigenvalue weighted by Crippen LogP contribution is 2.30. The number of thiol groups is 1. The average Bonchev–Trinajstić information content (AvgIpc) is 2.73. The number of carbonyl (C=O) groups is 1. The van der Waals surface area contributed by atoms with Crippen LogP contribution >= 0.6 is 56.5 Å². The number of thiophene rings is 1. The van der Waals surface area contributed by atoms with E-state index < -0.39 is 0 Å². The molecule has 0 aromatic carbocycles. The van der Waals surface area contributed by atoms with Gasteiger partial charge < -0.3 is 0 Å². The maximum absolute atomic E-state index is 12.1. The highest BCUT2D eigenvalue weighted by atomic mass is 127. The van der Waals surface area contributed by atoms with E-state index in [9.17, 15) is 4.79 Å². The zero-order valence-corrected chi connectivity index (χ0v) is 13.0. The van der Waals surface area contributed by atoms with Gasteiger partial charge in [-0.25, -0.2) is 0 Å². The molecule has 1 nitrogen and oxygen atoms in total. The molecular formula is C9H7I2OS2+.